The molecule has 0 spiro atoms. The maximum absolute atomic E-state index is 10.7. The number of hydrogen-bond donors (Lipinski definition) is 1. The van der Waals surface area contributed by atoms with E-state index < -0.39 is 5.97 Å². The summed E-state index contributed by atoms with van der Waals surface area (Å²) in [7, 11) is 0. The fourth-order valence-electron chi connectivity index (χ4n) is 1.34. The lowest BCUT2D eigenvalue weighted by molar-refractivity contribution is 0.0689. The number of carbonyl (C=O) groups is 1. The van der Waals surface area contributed by atoms with E-state index in [1.54, 1.807) is 18.2 Å². The van der Waals surface area contributed by atoms with Gasteiger partial charge >= 0.3 is 5.97 Å². The van der Waals surface area contributed by atoms with Crippen molar-refractivity contribution in [3.63, 3.8) is 0 Å². The molecule has 0 amide bonds. The molecule has 1 aromatic carbocycles. The van der Waals surface area contributed by atoms with Crippen molar-refractivity contribution in [2.24, 2.45) is 0 Å². The van der Waals surface area contributed by atoms with E-state index in [9.17, 15) is 4.79 Å². The average Bonchev–Trinajstić information content (AvgIpc) is 2.33. The molecule has 0 aliphatic carbocycles. The largest absolute Gasteiger partial charge is 0.476 e. The Bertz CT molecular complexity index is 602. The number of rotatable bonds is 3. The summed E-state index contributed by atoms with van der Waals surface area (Å²) in [6.45, 7) is 1.83. The lowest BCUT2D eigenvalue weighted by Crippen LogP contribution is -2.02. The lowest BCUT2D eigenvalue weighted by atomic mass is 10.2. The molecule has 18 heavy (non-hydrogen) atoms. The Morgan fingerprint density at radius 3 is 2.83 bits per heavy atom. The van der Waals surface area contributed by atoms with E-state index in [1.165, 1.54) is 6.20 Å². The third-order valence-corrected chi connectivity index (χ3v) is 2.42. The van der Waals surface area contributed by atoms with Gasteiger partial charge in [0.1, 0.15) is 5.75 Å². The molecular weight excluding hydrogens is 256 g/mol. The molecule has 0 atom stereocenters. The number of aromatic nitrogens is 2. The number of halogens is 1. The second-order valence-electron chi connectivity index (χ2n) is 3.56. The molecule has 0 saturated heterocycles. The minimum absolute atomic E-state index is 0.125. The molecule has 2 rings (SSSR count). The zero-order valence-electron chi connectivity index (χ0n) is 9.42. The van der Waals surface area contributed by atoms with Gasteiger partial charge in [0.15, 0.2) is 5.69 Å². The molecule has 0 radical (unpaired) electrons. The predicted octanol–water partition coefficient (Wildman–Crippen LogP) is 2.93. The SMILES string of the molecule is Cc1cc(Cl)ccc1Oc1cncc(C(=O)O)n1. The number of aromatic carboxylic acids is 1. The summed E-state index contributed by atoms with van der Waals surface area (Å²) in [4.78, 5) is 18.3. The van der Waals surface area contributed by atoms with Crippen LogP contribution < -0.4 is 4.74 Å². The van der Waals surface area contributed by atoms with Gasteiger partial charge in [0.25, 0.3) is 0 Å². The summed E-state index contributed by atoms with van der Waals surface area (Å²) in [6, 6.07) is 5.11. The minimum atomic E-state index is -1.15. The highest BCUT2D eigenvalue weighted by Crippen LogP contribution is 2.25. The van der Waals surface area contributed by atoms with E-state index in [0.717, 1.165) is 11.8 Å². The molecule has 0 fully saturated rings. The molecule has 1 N–H and O–H groups in total. The smallest absolute Gasteiger partial charge is 0.356 e. The Hall–Kier alpha value is -2.14. The van der Waals surface area contributed by atoms with Gasteiger partial charge in [-0.1, -0.05) is 11.6 Å². The van der Waals surface area contributed by atoms with Gasteiger partial charge in [-0.3, -0.25) is 4.98 Å². The van der Waals surface area contributed by atoms with Crippen LogP contribution in [-0.2, 0) is 0 Å². The Morgan fingerprint density at radius 2 is 2.17 bits per heavy atom. The van der Waals surface area contributed by atoms with Gasteiger partial charge < -0.3 is 9.84 Å². The van der Waals surface area contributed by atoms with Crippen molar-refractivity contribution in [2.45, 2.75) is 6.92 Å². The molecule has 1 aromatic heterocycles. The molecule has 6 heteroatoms. The summed E-state index contributed by atoms with van der Waals surface area (Å²) in [6.07, 6.45) is 2.50. The number of benzene rings is 1. The highest BCUT2D eigenvalue weighted by Gasteiger charge is 2.08. The van der Waals surface area contributed by atoms with E-state index >= 15 is 0 Å². The van der Waals surface area contributed by atoms with E-state index in [1.807, 2.05) is 6.92 Å². The van der Waals surface area contributed by atoms with Crippen molar-refractivity contribution in [3.05, 3.63) is 46.9 Å². The molecule has 2 aromatic rings. The van der Waals surface area contributed by atoms with Crippen molar-refractivity contribution in [1.29, 1.82) is 0 Å². The quantitative estimate of drug-likeness (QED) is 0.923. The van der Waals surface area contributed by atoms with Crippen LogP contribution in [0.3, 0.4) is 0 Å². The molecule has 92 valence electrons. The van der Waals surface area contributed by atoms with Gasteiger partial charge in [0, 0.05) is 5.02 Å². The van der Waals surface area contributed by atoms with Gasteiger partial charge in [-0.05, 0) is 30.7 Å². The van der Waals surface area contributed by atoms with Crippen molar-refractivity contribution in [3.8, 4) is 11.6 Å². The van der Waals surface area contributed by atoms with Crippen LogP contribution in [0.1, 0.15) is 16.1 Å². The molecule has 0 aliphatic heterocycles. The molecule has 0 saturated carbocycles. The number of hydrogen-bond acceptors (Lipinski definition) is 4. The van der Waals surface area contributed by atoms with E-state index in [0.29, 0.717) is 10.8 Å². The van der Waals surface area contributed by atoms with Crippen molar-refractivity contribution >= 4 is 17.6 Å². The van der Waals surface area contributed by atoms with Crippen LogP contribution in [0.5, 0.6) is 11.6 Å². The summed E-state index contributed by atoms with van der Waals surface area (Å²) >= 11 is 5.83. The zero-order valence-corrected chi connectivity index (χ0v) is 10.2. The molecule has 5 nitrogen and oxygen atoms in total. The zero-order chi connectivity index (χ0) is 13.1. The monoisotopic (exact) mass is 264 g/mol. The topological polar surface area (TPSA) is 72.3 Å². The number of aryl methyl sites for hydroxylation is 1. The van der Waals surface area contributed by atoms with Crippen molar-refractivity contribution in [2.75, 3.05) is 0 Å². The predicted molar refractivity (Wildman–Crippen MR) is 65.3 cm³/mol. The highest BCUT2D eigenvalue weighted by molar-refractivity contribution is 6.30. The lowest BCUT2D eigenvalue weighted by Gasteiger charge is -2.07. The van der Waals surface area contributed by atoms with Gasteiger partial charge in [0.05, 0.1) is 12.4 Å². The molecule has 0 unspecified atom stereocenters. The first-order chi connectivity index (χ1) is 8.56. The Kier molecular flexibility index (Phi) is 3.43. The molecular formula is C12H9ClN2O3. The van der Waals surface area contributed by atoms with Crippen LogP contribution in [0, 0.1) is 6.92 Å². The van der Waals surface area contributed by atoms with Crippen LogP contribution in [0.4, 0.5) is 0 Å². The third-order valence-electron chi connectivity index (χ3n) is 2.18. The van der Waals surface area contributed by atoms with Crippen LogP contribution in [0.25, 0.3) is 0 Å². The second kappa shape index (κ2) is 5.01. The van der Waals surface area contributed by atoms with Gasteiger partial charge in [-0.2, -0.15) is 0 Å². The average molecular weight is 265 g/mol. The van der Waals surface area contributed by atoms with Crippen LogP contribution in [-0.4, -0.2) is 21.0 Å². The summed E-state index contributed by atoms with van der Waals surface area (Å²) < 4.78 is 5.46. The van der Waals surface area contributed by atoms with E-state index in [4.69, 9.17) is 21.4 Å². The van der Waals surface area contributed by atoms with Gasteiger partial charge in [0.2, 0.25) is 5.88 Å². The number of carboxylic acids is 1. The highest BCUT2D eigenvalue weighted by atomic mass is 35.5. The first-order valence-electron chi connectivity index (χ1n) is 5.05. The minimum Gasteiger partial charge on any atom is -0.476 e. The number of nitrogens with zero attached hydrogens (tertiary/aromatic N) is 2. The first-order valence-corrected chi connectivity index (χ1v) is 5.43. The first kappa shape index (κ1) is 12.3. The van der Waals surface area contributed by atoms with Crippen molar-refractivity contribution < 1.29 is 14.6 Å². The summed E-state index contributed by atoms with van der Waals surface area (Å²) in [5, 5.41) is 9.39. The van der Waals surface area contributed by atoms with Gasteiger partial charge in [-0.15, -0.1) is 0 Å². The Balaban J connectivity index is 2.28. The summed E-state index contributed by atoms with van der Waals surface area (Å²) in [5.41, 5.74) is 0.657. The third kappa shape index (κ3) is 2.75. The normalized spacial score (nSPS) is 10.1. The van der Waals surface area contributed by atoms with E-state index in [-0.39, 0.29) is 11.6 Å². The number of carboxylic acid groups (broad SMARTS) is 1. The molecule has 1 heterocycles. The van der Waals surface area contributed by atoms with Crippen molar-refractivity contribution in [1.82, 2.24) is 9.97 Å². The Morgan fingerprint density at radius 1 is 1.39 bits per heavy atom. The number of ether oxygens (including phenoxy) is 1. The Labute approximate surface area is 108 Å². The van der Waals surface area contributed by atoms with Crippen LogP contribution in [0.2, 0.25) is 5.02 Å². The summed E-state index contributed by atoms with van der Waals surface area (Å²) in [5.74, 6) is -0.475. The fraction of sp³-hybridized carbons (Fsp3) is 0.0833. The molecule has 0 aliphatic rings. The molecule has 0 bridgehead atoms. The standard InChI is InChI=1S/C12H9ClN2O3/c1-7-4-8(13)2-3-10(7)18-11-6-14-5-9(15-11)12(16)17/h2-6H,1H3,(H,16,17). The maximum Gasteiger partial charge on any atom is 0.356 e. The van der Waals surface area contributed by atoms with E-state index in [2.05, 4.69) is 9.97 Å². The van der Waals surface area contributed by atoms with Crippen LogP contribution in [0.15, 0.2) is 30.6 Å². The van der Waals surface area contributed by atoms with Gasteiger partial charge in [-0.25, -0.2) is 9.78 Å². The van der Waals surface area contributed by atoms with Crippen LogP contribution >= 0.6 is 11.6 Å². The second-order valence-corrected chi connectivity index (χ2v) is 4.00. The maximum atomic E-state index is 10.7. The fourth-order valence-corrected chi connectivity index (χ4v) is 1.57.